The molecule has 0 spiro atoms. The molecule has 0 bridgehead atoms. The molecule has 2 aliphatic rings. The van der Waals surface area contributed by atoms with Crippen molar-refractivity contribution in [3.05, 3.63) is 0 Å². The van der Waals surface area contributed by atoms with E-state index in [1.807, 2.05) is 13.8 Å². The van der Waals surface area contributed by atoms with Crippen LogP contribution in [-0.2, 0) is 19.7 Å². The van der Waals surface area contributed by atoms with Crippen LogP contribution in [0, 0.1) is 0 Å². The molecule has 2 heterocycles. The van der Waals surface area contributed by atoms with E-state index < -0.39 is 10.2 Å². The molecular formula is C13H27N3O4S. The van der Waals surface area contributed by atoms with Gasteiger partial charge in [-0.2, -0.15) is 12.7 Å². The number of morpholine rings is 2. The Morgan fingerprint density at radius 3 is 2.38 bits per heavy atom. The highest BCUT2D eigenvalue weighted by molar-refractivity contribution is 7.87. The molecule has 124 valence electrons. The number of hydrogen-bond donors (Lipinski definition) is 1. The summed E-state index contributed by atoms with van der Waals surface area (Å²) in [5.41, 5.74) is 0. The third kappa shape index (κ3) is 5.46. The second-order valence-electron chi connectivity index (χ2n) is 5.78. The van der Waals surface area contributed by atoms with Crippen molar-refractivity contribution in [3.63, 3.8) is 0 Å². The average Bonchev–Trinajstić information content (AvgIpc) is 2.44. The van der Waals surface area contributed by atoms with Gasteiger partial charge < -0.3 is 9.47 Å². The van der Waals surface area contributed by atoms with Crippen molar-refractivity contribution in [2.45, 2.75) is 32.5 Å². The van der Waals surface area contributed by atoms with E-state index in [2.05, 4.69) is 9.62 Å². The van der Waals surface area contributed by atoms with Crippen LogP contribution < -0.4 is 4.72 Å². The van der Waals surface area contributed by atoms with Crippen LogP contribution in [0.3, 0.4) is 0 Å². The van der Waals surface area contributed by atoms with Gasteiger partial charge in [-0.3, -0.25) is 4.90 Å². The summed E-state index contributed by atoms with van der Waals surface area (Å²) in [5, 5.41) is 0. The van der Waals surface area contributed by atoms with E-state index in [9.17, 15) is 8.42 Å². The second-order valence-corrected chi connectivity index (χ2v) is 7.54. The molecule has 0 amide bonds. The Morgan fingerprint density at radius 2 is 1.76 bits per heavy atom. The Bertz CT molecular complexity index is 402. The number of hydrogen-bond acceptors (Lipinski definition) is 5. The van der Waals surface area contributed by atoms with Crippen molar-refractivity contribution in [2.75, 3.05) is 52.5 Å². The van der Waals surface area contributed by atoms with Gasteiger partial charge in [0.1, 0.15) is 0 Å². The van der Waals surface area contributed by atoms with Gasteiger partial charge in [-0.25, -0.2) is 4.72 Å². The zero-order chi connectivity index (χ0) is 15.3. The maximum absolute atomic E-state index is 12.3. The van der Waals surface area contributed by atoms with Gasteiger partial charge in [-0.05, 0) is 26.8 Å². The molecule has 0 aromatic heterocycles. The minimum Gasteiger partial charge on any atom is -0.379 e. The Balaban J connectivity index is 1.70. The Hall–Kier alpha value is -0.250. The molecule has 0 saturated carbocycles. The lowest BCUT2D eigenvalue weighted by atomic mass is 10.3. The van der Waals surface area contributed by atoms with Crippen molar-refractivity contribution >= 4 is 10.2 Å². The first-order valence-corrected chi connectivity index (χ1v) is 9.11. The van der Waals surface area contributed by atoms with E-state index in [-0.39, 0.29) is 12.2 Å². The Kier molecular flexibility index (Phi) is 6.39. The highest BCUT2D eigenvalue weighted by atomic mass is 32.2. The first kappa shape index (κ1) is 17.1. The SMILES string of the molecule is CC1CN(S(=O)(=O)NCCCN2CCOCC2)CC(C)O1. The monoisotopic (exact) mass is 321 g/mol. The predicted octanol–water partition coefficient (Wildman–Crippen LogP) is -0.348. The first-order chi connectivity index (χ1) is 9.97. The first-order valence-electron chi connectivity index (χ1n) is 7.67. The lowest BCUT2D eigenvalue weighted by Gasteiger charge is -2.34. The van der Waals surface area contributed by atoms with Gasteiger partial charge in [0.25, 0.3) is 10.2 Å². The van der Waals surface area contributed by atoms with Gasteiger partial charge in [0.05, 0.1) is 25.4 Å². The zero-order valence-electron chi connectivity index (χ0n) is 13.0. The summed E-state index contributed by atoms with van der Waals surface area (Å²) in [5.74, 6) is 0. The molecule has 2 atom stereocenters. The summed E-state index contributed by atoms with van der Waals surface area (Å²) in [6.45, 7) is 9.43. The maximum atomic E-state index is 12.3. The fourth-order valence-corrected chi connectivity index (χ4v) is 4.14. The number of nitrogens with zero attached hydrogens (tertiary/aromatic N) is 2. The second kappa shape index (κ2) is 7.85. The van der Waals surface area contributed by atoms with E-state index in [0.29, 0.717) is 19.6 Å². The van der Waals surface area contributed by atoms with Crippen LogP contribution >= 0.6 is 0 Å². The van der Waals surface area contributed by atoms with Gasteiger partial charge in [-0.1, -0.05) is 0 Å². The molecule has 1 N–H and O–H groups in total. The summed E-state index contributed by atoms with van der Waals surface area (Å²) in [6, 6.07) is 0. The fraction of sp³-hybridized carbons (Fsp3) is 1.00. The van der Waals surface area contributed by atoms with E-state index in [1.165, 1.54) is 4.31 Å². The summed E-state index contributed by atoms with van der Waals surface area (Å²) < 4.78 is 39.5. The van der Waals surface area contributed by atoms with Crippen molar-refractivity contribution in [1.29, 1.82) is 0 Å². The molecule has 0 aromatic carbocycles. The van der Waals surface area contributed by atoms with Crippen LogP contribution in [0.2, 0.25) is 0 Å². The van der Waals surface area contributed by atoms with Crippen LogP contribution in [0.25, 0.3) is 0 Å². The van der Waals surface area contributed by atoms with Crippen molar-refractivity contribution < 1.29 is 17.9 Å². The van der Waals surface area contributed by atoms with Crippen molar-refractivity contribution in [1.82, 2.24) is 13.9 Å². The number of rotatable bonds is 6. The van der Waals surface area contributed by atoms with Crippen LogP contribution in [-0.4, -0.2) is 82.3 Å². The third-order valence-electron chi connectivity index (χ3n) is 3.77. The Labute approximate surface area is 127 Å². The van der Waals surface area contributed by atoms with Gasteiger partial charge >= 0.3 is 0 Å². The molecule has 2 rings (SSSR count). The standard InChI is InChI=1S/C13H27N3O4S/c1-12-10-16(11-13(2)20-12)21(17,18)14-4-3-5-15-6-8-19-9-7-15/h12-14H,3-11H2,1-2H3. The highest BCUT2D eigenvalue weighted by Crippen LogP contribution is 2.13. The van der Waals surface area contributed by atoms with Gasteiger partial charge in [-0.15, -0.1) is 0 Å². The quantitative estimate of drug-likeness (QED) is 0.677. The Morgan fingerprint density at radius 1 is 1.14 bits per heavy atom. The third-order valence-corrected chi connectivity index (χ3v) is 5.31. The van der Waals surface area contributed by atoms with Crippen molar-refractivity contribution in [3.8, 4) is 0 Å². The van der Waals surface area contributed by atoms with Gasteiger partial charge in [0, 0.05) is 32.7 Å². The summed E-state index contributed by atoms with van der Waals surface area (Å²) in [4.78, 5) is 2.30. The molecule has 2 saturated heterocycles. The molecule has 21 heavy (non-hydrogen) atoms. The highest BCUT2D eigenvalue weighted by Gasteiger charge is 2.30. The van der Waals surface area contributed by atoms with E-state index in [4.69, 9.17) is 9.47 Å². The molecule has 2 unspecified atom stereocenters. The lowest BCUT2D eigenvalue weighted by molar-refractivity contribution is -0.0443. The van der Waals surface area contributed by atoms with Crippen LogP contribution in [0.1, 0.15) is 20.3 Å². The lowest BCUT2D eigenvalue weighted by Crippen LogP contribution is -2.52. The normalized spacial score (nSPS) is 29.6. The fourth-order valence-electron chi connectivity index (χ4n) is 2.75. The molecule has 7 nitrogen and oxygen atoms in total. The molecule has 2 aliphatic heterocycles. The molecule has 2 fully saturated rings. The average molecular weight is 321 g/mol. The molecule has 0 aliphatic carbocycles. The number of nitrogens with one attached hydrogen (secondary N) is 1. The largest absolute Gasteiger partial charge is 0.379 e. The smallest absolute Gasteiger partial charge is 0.279 e. The van der Waals surface area contributed by atoms with Gasteiger partial charge in [0.2, 0.25) is 0 Å². The van der Waals surface area contributed by atoms with Crippen LogP contribution in [0.4, 0.5) is 0 Å². The summed E-state index contributed by atoms with van der Waals surface area (Å²) in [6.07, 6.45) is 0.701. The van der Waals surface area contributed by atoms with E-state index >= 15 is 0 Å². The minimum atomic E-state index is -3.39. The topological polar surface area (TPSA) is 71.1 Å². The molecule has 0 radical (unpaired) electrons. The van der Waals surface area contributed by atoms with Crippen molar-refractivity contribution in [2.24, 2.45) is 0 Å². The van der Waals surface area contributed by atoms with E-state index in [1.54, 1.807) is 0 Å². The molecule has 8 heteroatoms. The summed E-state index contributed by atoms with van der Waals surface area (Å²) >= 11 is 0. The number of ether oxygens (including phenoxy) is 2. The van der Waals surface area contributed by atoms with Crippen LogP contribution in [0.5, 0.6) is 0 Å². The minimum absolute atomic E-state index is 0.0568. The van der Waals surface area contributed by atoms with E-state index in [0.717, 1.165) is 39.3 Å². The molecular weight excluding hydrogens is 294 g/mol. The zero-order valence-corrected chi connectivity index (χ0v) is 13.8. The predicted molar refractivity (Wildman–Crippen MR) is 80.4 cm³/mol. The summed E-state index contributed by atoms with van der Waals surface area (Å²) in [7, 11) is -3.39. The van der Waals surface area contributed by atoms with Gasteiger partial charge in [0.15, 0.2) is 0 Å². The maximum Gasteiger partial charge on any atom is 0.279 e. The molecule has 0 aromatic rings. The van der Waals surface area contributed by atoms with Crippen LogP contribution in [0.15, 0.2) is 0 Å².